The van der Waals surface area contributed by atoms with Crippen LogP contribution in [-0.2, 0) is 27.1 Å². The number of rotatable bonds is 10. The maximum Gasteiger partial charge on any atom is 0.120 e. The van der Waals surface area contributed by atoms with Crippen molar-refractivity contribution in [3.8, 4) is 0 Å². The van der Waals surface area contributed by atoms with Gasteiger partial charge in [0, 0.05) is 12.8 Å². The van der Waals surface area contributed by atoms with Gasteiger partial charge in [-0.3, -0.25) is 0 Å². The molecule has 0 radical (unpaired) electrons. The van der Waals surface area contributed by atoms with Crippen molar-refractivity contribution in [2.75, 3.05) is 13.2 Å². The Balaban J connectivity index is 1.65. The van der Waals surface area contributed by atoms with Crippen LogP contribution in [0.3, 0.4) is 0 Å². The lowest BCUT2D eigenvalue weighted by Gasteiger charge is -2.40. The Morgan fingerprint density at radius 1 is 0.793 bits per heavy atom. The van der Waals surface area contributed by atoms with E-state index in [4.69, 9.17) is 14.2 Å². The molecule has 4 atom stereocenters. The lowest BCUT2D eigenvalue weighted by Crippen LogP contribution is -2.51. The molecule has 2 aliphatic heterocycles. The zero-order valence-electron chi connectivity index (χ0n) is 17.4. The number of ether oxygens (including phenoxy) is 3. The Morgan fingerprint density at radius 2 is 1.14 bits per heavy atom. The molecule has 0 N–H and O–H groups in total. The zero-order chi connectivity index (χ0) is 20.5. The number of epoxide rings is 2. The van der Waals surface area contributed by atoms with Gasteiger partial charge >= 0.3 is 0 Å². The fourth-order valence-electron chi connectivity index (χ4n) is 3.99. The fraction of sp³-hybridized carbons (Fsp3) is 0.385. The molecule has 2 saturated heterocycles. The highest BCUT2D eigenvalue weighted by molar-refractivity contribution is 5.29. The molecule has 0 aromatic heterocycles. The third-order valence-electron chi connectivity index (χ3n) is 6.03. The van der Waals surface area contributed by atoms with Gasteiger partial charge in [-0.15, -0.1) is 13.2 Å². The van der Waals surface area contributed by atoms with Crippen LogP contribution in [0.2, 0.25) is 0 Å². The molecule has 0 aliphatic carbocycles. The van der Waals surface area contributed by atoms with Crippen LogP contribution in [0.25, 0.3) is 0 Å². The van der Waals surface area contributed by atoms with Gasteiger partial charge in [0.1, 0.15) is 23.4 Å². The van der Waals surface area contributed by atoms with E-state index in [2.05, 4.69) is 75.5 Å². The summed E-state index contributed by atoms with van der Waals surface area (Å²) in [5.74, 6) is 0. The summed E-state index contributed by atoms with van der Waals surface area (Å²) in [5, 5.41) is 0. The summed E-state index contributed by atoms with van der Waals surface area (Å²) in [4.78, 5) is 0. The first kappa shape index (κ1) is 20.1. The van der Waals surface area contributed by atoms with Gasteiger partial charge in [-0.05, 0) is 25.0 Å². The summed E-state index contributed by atoms with van der Waals surface area (Å²) >= 11 is 0. The Morgan fingerprint density at radius 3 is 1.41 bits per heavy atom. The first-order valence-electron chi connectivity index (χ1n) is 10.3. The first-order valence-corrected chi connectivity index (χ1v) is 10.3. The van der Waals surface area contributed by atoms with Crippen LogP contribution < -0.4 is 0 Å². The van der Waals surface area contributed by atoms with Crippen molar-refractivity contribution in [3.63, 3.8) is 0 Å². The molecule has 2 aliphatic rings. The van der Waals surface area contributed by atoms with Crippen molar-refractivity contribution in [1.82, 2.24) is 0 Å². The Labute approximate surface area is 174 Å². The highest BCUT2D eigenvalue weighted by Gasteiger charge is 2.55. The van der Waals surface area contributed by atoms with Gasteiger partial charge in [0.15, 0.2) is 0 Å². The van der Waals surface area contributed by atoms with Crippen LogP contribution in [0.15, 0.2) is 73.8 Å². The monoisotopic (exact) mass is 390 g/mol. The van der Waals surface area contributed by atoms with E-state index in [9.17, 15) is 0 Å². The molecular formula is C26H30O3. The lowest BCUT2D eigenvalue weighted by atomic mass is 9.86. The number of benzene rings is 2. The van der Waals surface area contributed by atoms with Crippen molar-refractivity contribution >= 4 is 0 Å². The van der Waals surface area contributed by atoms with Crippen LogP contribution in [0.4, 0.5) is 0 Å². The van der Waals surface area contributed by atoms with E-state index < -0.39 is 11.2 Å². The summed E-state index contributed by atoms with van der Waals surface area (Å²) in [7, 11) is 0. The van der Waals surface area contributed by atoms with Gasteiger partial charge in [0.25, 0.3) is 0 Å². The summed E-state index contributed by atoms with van der Waals surface area (Å²) in [6, 6.07) is 17.2. The molecular weight excluding hydrogens is 360 g/mol. The molecule has 0 bridgehead atoms. The van der Waals surface area contributed by atoms with E-state index in [1.165, 1.54) is 22.3 Å². The van der Waals surface area contributed by atoms with E-state index in [-0.39, 0.29) is 12.2 Å². The van der Waals surface area contributed by atoms with E-state index in [0.29, 0.717) is 26.1 Å². The zero-order valence-corrected chi connectivity index (χ0v) is 17.4. The summed E-state index contributed by atoms with van der Waals surface area (Å²) in [5.41, 5.74) is 3.65. The number of aryl methyl sites for hydroxylation is 2. The molecule has 2 fully saturated rings. The SMILES string of the molecule is C=CC(Cc1ccc(C)cc1)(OC(C=C)(Cc1ccc(C)cc1)C1CO1)C1CO1. The smallest absolute Gasteiger partial charge is 0.120 e. The quantitative estimate of drug-likeness (QED) is 0.434. The van der Waals surface area contributed by atoms with Crippen molar-refractivity contribution in [2.24, 2.45) is 0 Å². The molecule has 2 aromatic rings. The second kappa shape index (κ2) is 7.91. The molecule has 2 heterocycles. The average molecular weight is 391 g/mol. The minimum Gasteiger partial charge on any atom is -0.370 e. The Kier molecular flexibility index (Phi) is 5.48. The van der Waals surface area contributed by atoms with E-state index in [0.717, 1.165) is 0 Å². The fourth-order valence-corrected chi connectivity index (χ4v) is 3.99. The first-order chi connectivity index (χ1) is 14.0. The minimum absolute atomic E-state index is 0.00241. The standard InChI is InChI=1S/C26H30O3/c1-5-25(23-17-27-23,15-21-11-7-19(3)8-12-21)29-26(6-2,24-18-28-24)16-22-13-9-20(4)10-14-22/h5-14,23-24H,1-2,15-18H2,3-4H3. The highest BCUT2D eigenvalue weighted by Crippen LogP contribution is 2.42. The van der Waals surface area contributed by atoms with Crippen molar-refractivity contribution < 1.29 is 14.2 Å². The molecule has 152 valence electrons. The predicted molar refractivity (Wildman–Crippen MR) is 116 cm³/mol. The van der Waals surface area contributed by atoms with Gasteiger partial charge in [0.05, 0.1) is 13.2 Å². The van der Waals surface area contributed by atoms with Gasteiger partial charge in [-0.25, -0.2) is 0 Å². The number of hydrogen-bond acceptors (Lipinski definition) is 3. The van der Waals surface area contributed by atoms with Gasteiger partial charge < -0.3 is 14.2 Å². The summed E-state index contributed by atoms with van der Waals surface area (Å²) in [6.07, 6.45) is 5.24. The maximum absolute atomic E-state index is 6.95. The topological polar surface area (TPSA) is 34.3 Å². The predicted octanol–water partition coefficient (Wildman–Crippen LogP) is 4.75. The normalized spacial score (nSPS) is 24.2. The molecule has 3 nitrogen and oxygen atoms in total. The second-order valence-electron chi connectivity index (χ2n) is 8.39. The molecule has 2 aromatic carbocycles. The van der Waals surface area contributed by atoms with Crippen LogP contribution in [0, 0.1) is 13.8 Å². The largest absolute Gasteiger partial charge is 0.370 e. The average Bonchev–Trinajstić information content (AvgIpc) is 3.62. The molecule has 0 amide bonds. The highest BCUT2D eigenvalue weighted by atomic mass is 16.6. The Bertz CT molecular complexity index is 788. The van der Waals surface area contributed by atoms with Crippen molar-refractivity contribution in [3.05, 3.63) is 96.1 Å². The summed E-state index contributed by atoms with van der Waals surface area (Å²) in [6.45, 7) is 13.8. The molecule has 4 rings (SSSR count). The van der Waals surface area contributed by atoms with Crippen LogP contribution in [0.1, 0.15) is 22.3 Å². The number of hydrogen-bond donors (Lipinski definition) is 0. The van der Waals surface area contributed by atoms with Gasteiger partial charge in [-0.2, -0.15) is 0 Å². The molecule has 0 saturated carbocycles. The van der Waals surface area contributed by atoms with E-state index in [1.54, 1.807) is 0 Å². The molecule has 29 heavy (non-hydrogen) atoms. The van der Waals surface area contributed by atoms with Gasteiger partial charge in [0.2, 0.25) is 0 Å². The lowest BCUT2D eigenvalue weighted by molar-refractivity contribution is -0.128. The maximum atomic E-state index is 6.95. The third kappa shape index (κ3) is 4.37. The van der Waals surface area contributed by atoms with Gasteiger partial charge in [-0.1, -0.05) is 71.8 Å². The van der Waals surface area contributed by atoms with Crippen LogP contribution in [0.5, 0.6) is 0 Å². The third-order valence-corrected chi connectivity index (χ3v) is 6.03. The minimum atomic E-state index is -0.625. The van der Waals surface area contributed by atoms with E-state index in [1.807, 2.05) is 12.2 Å². The van der Waals surface area contributed by atoms with Crippen molar-refractivity contribution in [2.45, 2.75) is 50.1 Å². The van der Waals surface area contributed by atoms with E-state index >= 15 is 0 Å². The summed E-state index contributed by atoms with van der Waals surface area (Å²) < 4.78 is 18.4. The Hall–Kier alpha value is -2.20. The molecule has 0 spiro atoms. The molecule has 4 unspecified atom stereocenters. The van der Waals surface area contributed by atoms with Crippen molar-refractivity contribution in [1.29, 1.82) is 0 Å². The second-order valence-corrected chi connectivity index (χ2v) is 8.39. The molecule has 3 heteroatoms. The van der Waals surface area contributed by atoms with Crippen LogP contribution >= 0.6 is 0 Å². The van der Waals surface area contributed by atoms with Crippen LogP contribution in [-0.4, -0.2) is 36.6 Å².